The number of rotatable bonds is 3. The Morgan fingerprint density at radius 1 is 1.33 bits per heavy atom. The fourth-order valence-electron chi connectivity index (χ4n) is 1.59. The van der Waals surface area contributed by atoms with Gasteiger partial charge in [-0.1, -0.05) is 12.1 Å². The molecule has 0 aliphatic carbocycles. The molecule has 1 saturated heterocycles. The molecule has 0 saturated carbocycles. The highest BCUT2D eigenvalue weighted by Gasteiger charge is 2.31. The number of alkyl halides is 3. The fourth-order valence-corrected chi connectivity index (χ4v) is 2.55. The molecule has 18 heavy (non-hydrogen) atoms. The molecule has 1 aromatic rings. The van der Waals surface area contributed by atoms with Gasteiger partial charge >= 0.3 is 6.36 Å². The van der Waals surface area contributed by atoms with Crippen LogP contribution in [0.5, 0.6) is 5.75 Å². The van der Waals surface area contributed by atoms with Gasteiger partial charge in [-0.05, 0) is 17.7 Å². The average molecular weight is 277 g/mol. The van der Waals surface area contributed by atoms with Gasteiger partial charge < -0.3 is 10.1 Å². The van der Waals surface area contributed by atoms with E-state index in [1.807, 2.05) is 0 Å². The second-order valence-corrected chi connectivity index (χ2v) is 4.95. The summed E-state index contributed by atoms with van der Waals surface area (Å²) in [6.07, 6.45) is -4.08. The maximum Gasteiger partial charge on any atom is 0.573 e. The van der Waals surface area contributed by atoms with Crippen LogP contribution in [0.25, 0.3) is 0 Å². The summed E-state index contributed by atoms with van der Waals surface area (Å²) in [6.45, 7) is 0. The average Bonchev–Trinajstić information content (AvgIpc) is 2.65. The molecule has 0 spiro atoms. The lowest BCUT2D eigenvalue weighted by molar-refractivity contribution is -0.274. The number of nitrogens with one attached hydrogen (secondary N) is 1. The van der Waals surface area contributed by atoms with Crippen molar-refractivity contribution in [3.63, 3.8) is 0 Å². The number of hydrogen-bond acceptors (Lipinski definition) is 3. The number of carbonyl (C=O) groups excluding carboxylic acids is 1. The molecule has 0 bridgehead atoms. The number of benzene rings is 1. The standard InChI is InChI=1S/C11H10F3NO2S/c12-11(13,14)17-8-3-1-7(2-4-8)5-10-15-9(16)6-18-10/h1-4,10H,5-6H2,(H,15,16). The van der Waals surface area contributed by atoms with Crippen molar-refractivity contribution >= 4 is 17.7 Å². The van der Waals surface area contributed by atoms with Crippen LogP contribution >= 0.6 is 11.8 Å². The Kier molecular flexibility index (Phi) is 3.70. The van der Waals surface area contributed by atoms with Gasteiger partial charge in [-0.2, -0.15) is 0 Å². The van der Waals surface area contributed by atoms with E-state index in [4.69, 9.17) is 0 Å². The van der Waals surface area contributed by atoms with Crippen LogP contribution in [0.1, 0.15) is 5.56 Å². The minimum atomic E-state index is -4.67. The lowest BCUT2D eigenvalue weighted by Gasteiger charge is -2.11. The van der Waals surface area contributed by atoms with Gasteiger partial charge in [0.2, 0.25) is 5.91 Å². The van der Waals surface area contributed by atoms with Crippen molar-refractivity contribution in [3.05, 3.63) is 29.8 Å². The van der Waals surface area contributed by atoms with E-state index in [0.29, 0.717) is 12.2 Å². The zero-order valence-corrected chi connectivity index (χ0v) is 9.98. The molecule has 1 heterocycles. The number of thioether (sulfide) groups is 1. The van der Waals surface area contributed by atoms with Gasteiger partial charge in [-0.15, -0.1) is 24.9 Å². The summed E-state index contributed by atoms with van der Waals surface area (Å²) in [5.74, 6) is 0.177. The van der Waals surface area contributed by atoms with Crippen molar-refractivity contribution in [1.29, 1.82) is 0 Å². The van der Waals surface area contributed by atoms with Crippen LogP contribution in [0.2, 0.25) is 0 Å². The maximum atomic E-state index is 11.9. The summed E-state index contributed by atoms with van der Waals surface area (Å²) < 4.78 is 39.6. The Morgan fingerprint density at radius 2 is 2.00 bits per heavy atom. The molecular formula is C11H10F3NO2S. The second-order valence-electron chi connectivity index (χ2n) is 3.76. The summed E-state index contributed by atoms with van der Waals surface area (Å²) >= 11 is 1.49. The fraction of sp³-hybridized carbons (Fsp3) is 0.364. The summed E-state index contributed by atoms with van der Waals surface area (Å²) in [5.41, 5.74) is 0.851. The normalized spacial score (nSPS) is 19.7. The molecule has 7 heteroatoms. The molecule has 1 aliphatic heterocycles. The van der Waals surface area contributed by atoms with Crippen molar-refractivity contribution in [2.24, 2.45) is 0 Å². The minimum Gasteiger partial charge on any atom is -0.406 e. The van der Waals surface area contributed by atoms with Crippen LogP contribution in [-0.4, -0.2) is 23.4 Å². The minimum absolute atomic E-state index is 0.00751. The van der Waals surface area contributed by atoms with Crippen molar-refractivity contribution in [2.45, 2.75) is 18.2 Å². The van der Waals surface area contributed by atoms with Crippen molar-refractivity contribution < 1.29 is 22.7 Å². The first-order chi connectivity index (χ1) is 8.42. The predicted octanol–water partition coefficient (Wildman–Crippen LogP) is 2.32. The third kappa shape index (κ3) is 3.83. The Bertz CT molecular complexity index is 433. The van der Waals surface area contributed by atoms with E-state index in [0.717, 1.165) is 5.56 Å². The van der Waals surface area contributed by atoms with E-state index >= 15 is 0 Å². The number of carbonyl (C=O) groups is 1. The van der Waals surface area contributed by atoms with Crippen molar-refractivity contribution in [3.8, 4) is 5.75 Å². The summed E-state index contributed by atoms with van der Waals surface area (Å²) in [6, 6.07) is 5.66. The molecule has 0 aromatic heterocycles. The van der Waals surface area contributed by atoms with Crippen LogP contribution in [0, 0.1) is 0 Å². The SMILES string of the molecule is O=C1CSC(Cc2ccc(OC(F)(F)F)cc2)N1. The Labute approximate surface area is 106 Å². The molecule has 0 radical (unpaired) electrons. The third-order valence-corrected chi connectivity index (χ3v) is 3.43. The molecule has 1 aliphatic rings. The van der Waals surface area contributed by atoms with Crippen LogP contribution in [0.4, 0.5) is 13.2 Å². The first-order valence-electron chi connectivity index (χ1n) is 5.18. The van der Waals surface area contributed by atoms with Gasteiger partial charge in [-0.3, -0.25) is 4.79 Å². The van der Waals surface area contributed by atoms with Gasteiger partial charge in [0.05, 0.1) is 11.1 Å². The predicted molar refractivity (Wildman–Crippen MR) is 61.2 cm³/mol. The van der Waals surface area contributed by atoms with Crippen molar-refractivity contribution in [1.82, 2.24) is 5.32 Å². The van der Waals surface area contributed by atoms with E-state index in [1.54, 1.807) is 12.1 Å². The molecule has 98 valence electrons. The van der Waals surface area contributed by atoms with Crippen LogP contribution in [0.3, 0.4) is 0 Å². The lowest BCUT2D eigenvalue weighted by Crippen LogP contribution is -2.26. The maximum absolute atomic E-state index is 11.9. The van der Waals surface area contributed by atoms with Gasteiger partial charge in [0, 0.05) is 6.42 Å². The summed E-state index contributed by atoms with van der Waals surface area (Å²) in [5, 5.41) is 2.76. The number of amides is 1. The molecule has 1 unspecified atom stereocenters. The molecule has 3 nitrogen and oxygen atoms in total. The highest BCUT2D eigenvalue weighted by Crippen LogP contribution is 2.24. The van der Waals surface area contributed by atoms with Crippen molar-refractivity contribution in [2.75, 3.05) is 5.75 Å². The molecule has 1 aromatic carbocycles. The Hall–Kier alpha value is -1.37. The highest BCUT2D eigenvalue weighted by atomic mass is 32.2. The molecular weight excluding hydrogens is 267 g/mol. The van der Waals surface area contributed by atoms with Crippen LogP contribution in [0.15, 0.2) is 24.3 Å². The number of hydrogen-bond donors (Lipinski definition) is 1. The monoisotopic (exact) mass is 277 g/mol. The van der Waals surface area contributed by atoms with Gasteiger partial charge in [0.25, 0.3) is 0 Å². The van der Waals surface area contributed by atoms with Crippen LogP contribution < -0.4 is 10.1 Å². The van der Waals surface area contributed by atoms with E-state index in [2.05, 4.69) is 10.1 Å². The topological polar surface area (TPSA) is 38.3 Å². The number of halogens is 3. The smallest absolute Gasteiger partial charge is 0.406 e. The first-order valence-corrected chi connectivity index (χ1v) is 6.23. The Balaban J connectivity index is 1.93. The molecule has 2 rings (SSSR count). The quantitative estimate of drug-likeness (QED) is 0.921. The number of ether oxygens (including phenoxy) is 1. The molecule has 1 atom stereocenters. The van der Waals surface area contributed by atoms with Gasteiger partial charge in [0.1, 0.15) is 5.75 Å². The van der Waals surface area contributed by atoms with E-state index in [1.165, 1.54) is 23.9 Å². The first kappa shape index (κ1) is 13.1. The van der Waals surface area contributed by atoms with E-state index in [9.17, 15) is 18.0 Å². The van der Waals surface area contributed by atoms with Gasteiger partial charge in [-0.25, -0.2) is 0 Å². The summed E-state index contributed by atoms with van der Waals surface area (Å²) in [4.78, 5) is 11.0. The zero-order valence-electron chi connectivity index (χ0n) is 9.16. The molecule has 1 fully saturated rings. The van der Waals surface area contributed by atoms with Gasteiger partial charge in [0.15, 0.2) is 0 Å². The highest BCUT2D eigenvalue weighted by molar-refractivity contribution is 8.01. The second kappa shape index (κ2) is 5.09. The Morgan fingerprint density at radius 3 is 2.50 bits per heavy atom. The molecule has 1 N–H and O–H groups in total. The largest absolute Gasteiger partial charge is 0.573 e. The third-order valence-electron chi connectivity index (χ3n) is 2.32. The zero-order chi connectivity index (χ0) is 13.2. The molecule has 1 amide bonds. The van der Waals surface area contributed by atoms with Crippen LogP contribution in [-0.2, 0) is 11.2 Å². The lowest BCUT2D eigenvalue weighted by atomic mass is 10.1. The summed E-state index contributed by atoms with van der Waals surface area (Å²) in [7, 11) is 0. The van der Waals surface area contributed by atoms with E-state index < -0.39 is 6.36 Å². The van der Waals surface area contributed by atoms with E-state index in [-0.39, 0.29) is 17.0 Å².